The van der Waals surface area contributed by atoms with E-state index < -0.39 is 5.79 Å². The van der Waals surface area contributed by atoms with Crippen molar-refractivity contribution in [2.24, 2.45) is 0 Å². The van der Waals surface area contributed by atoms with E-state index in [4.69, 9.17) is 9.47 Å². The number of ether oxygens (including phenoxy) is 2. The average molecular weight is 367 g/mol. The minimum Gasteiger partial charge on any atom is -0.420 e. The fourth-order valence-corrected chi connectivity index (χ4v) is 3.70. The summed E-state index contributed by atoms with van der Waals surface area (Å²) in [6.45, 7) is 2.82. The highest BCUT2D eigenvalue weighted by Crippen LogP contribution is 2.42. The van der Waals surface area contributed by atoms with Gasteiger partial charge in [0.05, 0.1) is 12.2 Å². The summed E-state index contributed by atoms with van der Waals surface area (Å²) in [4.78, 5) is 12.4. The largest absolute Gasteiger partial charge is 0.420 e. The Morgan fingerprint density at radius 2 is 1.44 bits per heavy atom. The molecule has 27 heavy (non-hydrogen) atoms. The van der Waals surface area contributed by atoms with Gasteiger partial charge < -0.3 is 9.47 Å². The van der Waals surface area contributed by atoms with E-state index in [2.05, 4.69) is 6.92 Å². The third kappa shape index (κ3) is 4.59. The standard InChI is InChI=1S/C24H30O3/c1-2-3-4-5-6-7-8-14-19-26-24(20-15-10-9-11-16-20)22-18-13-12-17-21(22)23(25)27-24/h9-13,15-18H,2-8,14,19H2,1H3. The van der Waals surface area contributed by atoms with Crippen molar-refractivity contribution in [3.05, 3.63) is 71.3 Å². The summed E-state index contributed by atoms with van der Waals surface area (Å²) in [6, 6.07) is 17.3. The second kappa shape index (κ2) is 9.70. The van der Waals surface area contributed by atoms with Crippen molar-refractivity contribution in [2.75, 3.05) is 6.61 Å². The number of hydrogen-bond acceptors (Lipinski definition) is 3. The molecule has 1 heterocycles. The van der Waals surface area contributed by atoms with E-state index >= 15 is 0 Å². The molecule has 3 nitrogen and oxygen atoms in total. The number of rotatable bonds is 11. The van der Waals surface area contributed by atoms with Gasteiger partial charge in [0.15, 0.2) is 0 Å². The van der Waals surface area contributed by atoms with Crippen LogP contribution in [0, 0.1) is 0 Å². The molecule has 0 aliphatic carbocycles. The zero-order chi connectivity index (χ0) is 19.0. The van der Waals surface area contributed by atoms with Crippen LogP contribution in [-0.2, 0) is 15.3 Å². The van der Waals surface area contributed by atoms with Crippen LogP contribution in [0.5, 0.6) is 0 Å². The van der Waals surface area contributed by atoms with E-state index in [-0.39, 0.29) is 5.97 Å². The molecule has 0 amide bonds. The van der Waals surface area contributed by atoms with Gasteiger partial charge in [-0.2, -0.15) is 0 Å². The van der Waals surface area contributed by atoms with Crippen molar-refractivity contribution >= 4 is 5.97 Å². The van der Waals surface area contributed by atoms with Crippen LogP contribution in [0.25, 0.3) is 0 Å². The minimum atomic E-state index is -1.12. The number of esters is 1. The van der Waals surface area contributed by atoms with E-state index in [1.807, 2.05) is 54.6 Å². The first-order valence-electron chi connectivity index (χ1n) is 10.3. The molecular weight excluding hydrogens is 336 g/mol. The molecule has 0 saturated carbocycles. The monoisotopic (exact) mass is 366 g/mol. The van der Waals surface area contributed by atoms with Crippen LogP contribution < -0.4 is 0 Å². The van der Waals surface area contributed by atoms with E-state index in [9.17, 15) is 4.79 Å². The molecule has 3 rings (SSSR count). The summed E-state index contributed by atoms with van der Waals surface area (Å²) in [7, 11) is 0. The fraction of sp³-hybridized carbons (Fsp3) is 0.458. The predicted octanol–water partition coefficient (Wildman–Crippen LogP) is 6.22. The zero-order valence-corrected chi connectivity index (χ0v) is 16.3. The van der Waals surface area contributed by atoms with Gasteiger partial charge in [0.25, 0.3) is 5.79 Å². The zero-order valence-electron chi connectivity index (χ0n) is 16.3. The summed E-state index contributed by atoms with van der Waals surface area (Å²) in [6.07, 6.45) is 9.95. The number of carbonyl (C=O) groups is 1. The van der Waals surface area contributed by atoms with Crippen molar-refractivity contribution in [3.8, 4) is 0 Å². The summed E-state index contributed by atoms with van der Waals surface area (Å²) in [5.74, 6) is -1.43. The Balaban J connectivity index is 1.62. The summed E-state index contributed by atoms with van der Waals surface area (Å²) in [5.41, 5.74) is 2.26. The summed E-state index contributed by atoms with van der Waals surface area (Å²) >= 11 is 0. The third-order valence-corrected chi connectivity index (χ3v) is 5.20. The molecule has 144 valence electrons. The van der Waals surface area contributed by atoms with Crippen LogP contribution in [0.3, 0.4) is 0 Å². The number of fused-ring (bicyclic) bond motifs is 1. The van der Waals surface area contributed by atoms with Crippen LogP contribution in [-0.4, -0.2) is 12.6 Å². The van der Waals surface area contributed by atoms with Gasteiger partial charge in [-0.05, 0) is 12.5 Å². The second-order valence-corrected chi connectivity index (χ2v) is 7.24. The number of hydrogen-bond donors (Lipinski definition) is 0. The Labute approximate surface area is 162 Å². The van der Waals surface area contributed by atoms with Crippen molar-refractivity contribution in [3.63, 3.8) is 0 Å². The van der Waals surface area contributed by atoms with Crippen LogP contribution in [0.4, 0.5) is 0 Å². The van der Waals surface area contributed by atoms with Crippen molar-refractivity contribution in [2.45, 2.75) is 64.1 Å². The quantitative estimate of drug-likeness (QED) is 0.350. The summed E-state index contributed by atoms with van der Waals surface area (Å²) < 4.78 is 12.1. The van der Waals surface area contributed by atoms with Gasteiger partial charge in [0, 0.05) is 11.1 Å². The van der Waals surface area contributed by atoms with Crippen LogP contribution >= 0.6 is 0 Å². The van der Waals surface area contributed by atoms with Gasteiger partial charge in [-0.1, -0.05) is 100 Å². The molecule has 0 radical (unpaired) electrons. The first-order chi connectivity index (χ1) is 13.3. The molecule has 0 aromatic heterocycles. The average Bonchev–Trinajstić information content (AvgIpc) is 3.01. The topological polar surface area (TPSA) is 35.5 Å². The second-order valence-electron chi connectivity index (χ2n) is 7.24. The molecule has 0 bridgehead atoms. The first-order valence-corrected chi connectivity index (χ1v) is 10.3. The third-order valence-electron chi connectivity index (χ3n) is 5.20. The molecule has 0 saturated heterocycles. The normalized spacial score (nSPS) is 18.3. The molecule has 0 spiro atoms. The Morgan fingerprint density at radius 1 is 0.815 bits per heavy atom. The fourth-order valence-electron chi connectivity index (χ4n) is 3.70. The Bertz CT molecular complexity index is 725. The molecular formula is C24H30O3. The van der Waals surface area contributed by atoms with E-state index in [0.717, 1.165) is 24.0 Å². The molecule has 1 aliphatic rings. The number of cyclic esters (lactones) is 1. The molecule has 1 unspecified atom stereocenters. The molecule has 1 atom stereocenters. The van der Waals surface area contributed by atoms with Gasteiger partial charge in [0.2, 0.25) is 0 Å². The van der Waals surface area contributed by atoms with Crippen LogP contribution in [0.2, 0.25) is 0 Å². The molecule has 0 N–H and O–H groups in total. The van der Waals surface area contributed by atoms with Gasteiger partial charge >= 0.3 is 5.97 Å². The molecule has 2 aromatic carbocycles. The van der Waals surface area contributed by atoms with Gasteiger partial charge in [-0.3, -0.25) is 0 Å². The Hall–Kier alpha value is -2.13. The lowest BCUT2D eigenvalue weighted by Gasteiger charge is -2.29. The molecule has 3 heteroatoms. The highest BCUT2D eigenvalue weighted by atomic mass is 16.7. The smallest absolute Gasteiger partial charge is 0.341 e. The van der Waals surface area contributed by atoms with Gasteiger partial charge in [-0.25, -0.2) is 4.79 Å². The van der Waals surface area contributed by atoms with Crippen LogP contribution in [0.15, 0.2) is 54.6 Å². The lowest BCUT2D eigenvalue weighted by molar-refractivity contribution is -0.174. The molecule has 0 fully saturated rings. The summed E-state index contributed by atoms with van der Waals surface area (Å²) in [5, 5.41) is 0. The van der Waals surface area contributed by atoms with Crippen molar-refractivity contribution < 1.29 is 14.3 Å². The Morgan fingerprint density at radius 3 is 2.19 bits per heavy atom. The minimum absolute atomic E-state index is 0.314. The lowest BCUT2D eigenvalue weighted by Crippen LogP contribution is -2.32. The Kier molecular flexibility index (Phi) is 7.05. The van der Waals surface area contributed by atoms with E-state index in [1.165, 1.54) is 38.5 Å². The highest BCUT2D eigenvalue weighted by Gasteiger charge is 2.48. The van der Waals surface area contributed by atoms with Crippen molar-refractivity contribution in [1.29, 1.82) is 0 Å². The predicted molar refractivity (Wildman–Crippen MR) is 108 cm³/mol. The SMILES string of the molecule is CCCCCCCCCCOC1(c2ccccc2)OC(=O)c2ccccc21. The number of carbonyl (C=O) groups excluding carboxylic acids is 1. The molecule has 1 aliphatic heterocycles. The van der Waals surface area contributed by atoms with Gasteiger partial charge in [-0.15, -0.1) is 0 Å². The molecule has 2 aromatic rings. The van der Waals surface area contributed by atoms with Crippen LogP contribution in [0.1, 0.15) is 79.8 Å². The highest BCUT2D eigenvalue weighted by molar-refractivity contribution is 5.95. The number of benzene rings is 2. The first kappa shape index (κ1) is 19.6. The van der Waals surface area contributed by atoms with Crippen molar-refractivity contribution in [1.82, 2.24) is 0 Å². The lowest BCUT2D eigenvalue weighted by atomic mass is 9.95. The van der Waals surface area contributed by atoms with E-state index in [1.54, 1.807) is 0 Å². The van der Waals surface area contributed by atoms with Gasteiger partial charge in [0.1, 0.15) is 0 Å². The van der Waals surface area contributed by atoms with E-state index in [0.29, 0.717) is 12.2 Å². The number of unbranched alkanes of at least 4 members (excludes halogenated alkanes) is 7. The maximum atomic E-state index is 12.4. The maximum Gasteiger partial charge on any atom is 0.341 e. The maximum absolute atomic E-state index is 12.4.